The van der Waals surface area contributed by atoms with Gasteiger partial charge in [0.2, 0.25) is 0 Å². The van der Waals surface area contributed by atoms with E-state index in [1.165, 1.54) is 11.8 Å². The number of pyridine rings is 1. The number of nitrogens with zero attached hydrogens (tertiary/aromatic N) is 1. The van der Waals surface area contributed by atoms with Crippen molar-refractivity contribution in [2.45, 2.75) is 30.2 Å². The van der Waals surface area contributed by atoms with Gasteiger partial charge in [0.05, 0.1) is 16.1 Å². The van der Waals surface area contributed by atoms with Crippen LogP contribution in [0.1, 0.15) is 13.8 Å². The minimum absolute atomic E-state index is 0.0566. The Hall–Kier alpha value is 0.0400. The van der Waals surface area contributed by atoms with Crippen molar-refractivity contribution in [2.24, 2.45) is 0 Å². The number of hydrogen-bond donors (Lipinski definition) is 1. The van der Waals surface area contributed by atoms with E-state index in [1.807, 2.05) is 6.92 Å². The first kappa shape index (κ1) is 12.1. The zero-order valence-electron chi connectivity index (χ0n) is 7.87. The fourth-order valence-electron chi connectivity index (χ4n) is 0.763. The van der Waals surface area contributed by atoms with Gasteiger partial charge in [-0.2, -0.15) is 0 Å². The molecule has 0 aromatic carbocycles. The second-order valence-electron chi connectivity index (χ2n) is 3.00. The van der Waals surface area contributed by atoms with Crippen molar-refractivity contribution in [2.75, 3.05) is 0 Å². The molecule has 78 valence electrons. The summed E-state index contributed by atoms with van der Waals surface area (Å²) >= 11 is 13.1. The second-order valence-corrected chi connectivity index (χ2v) is 5.21. The van der Waals surface area contributed by atoms with Crippen LogP contribution >= 0.6 is 35.0 Å². The SMILES string of the molecule is CC(O)C(C)Sc1ncc(Cl)cc1Cl. The zero-order chi connectivity index (χ0) is 10.7. The van der Waals surface area contributed by atoms with Gasteiger partial charge in [-0.3, -0.25) is 0 Å². The fraction of sp³-hybridized carbons (Fsp3) is 0.444. The Bertz CT molecular complexity index is 320. The van der Waals surface area contributed by atoms with Gasteiger partial charge in [0, 0.05) is 11.4 Å². The summed E-state index contributed by atoms with van der Waals surface area (Å²) in [6, 6.07) is 1.65. The molecule has 0 aliphatic carbocycles. The Morgan fingerprint density at radius 2 is 2.07 bits per heavy atom. The Kier molecular flexibility index (Phi) is 4.51. The van der Waals surface area contributed by atoms with Gasteiger partial charge in [0.1, 0.15) is 5.03 Å². The third-order valence-corrected chi connectivity index (χ3v) is 3.67. The third-order valence-electron chi connectivity index (χ3n) is 1.75. The molecular formula is C9H11Cl2NOS. The largest absolute Gasteiger partial charge is 0.392 e. The summed E-state index contributed by atoms with van der Waals surface area (Å²) in [6.07, 6.45) is 1.15. The molecule has 0 saturated heterocycles. The van der Waals surface area contributed by atoms with E-state index in [2.05, 4.69) is 4.98 Å². The normalized spacial score (nSPS) is 15.2. The molecule has 0 fully saturated rings. The maximum atomic E-state index is 9.31. The molecule has 2 atom stereocenters. The average molecular weight is 252 g/mol. The molecule has 0 amide bonds. The lowest BCUT2D eigenvalue weighted by molar-refractivity contribution is 0.196. The molecule has 0 aliphatic rings. The molecule has 14 heavy (non-hydrogen) atoms. The highest BCUT2D eigenvalue weighted by Gasteiger charge is 2.13. The predicted molar refractivity (Wildman–Crippen MR) is 61.3 cm³/mol. The van der Waals surface area contributed by atoms with Gasteiger partial charge in [0.25, 0.3) is 0 Å². The monoisotopic (exact) mass is 251 g/mol. The van der Waals surface area contributed by atoms with Crippen molar-refractivity contribution in [3.63, 3.8) is 0 Å². The van der Waals surface area contributed by atoms with Crippen LogP contribution in [0.15, 0.2) is 17.3 Å². The Labute approximate surface area is 97.6 Å². The number of aliphatic hydroxyl groups excluding tert-OH is 1. The topological polar surface area (TPSA) is 33.1 Å². The van der Waals surface area contributed by atoms with Crippen molar-refractivity contribution in [3.05, 3.63) is 22.3 Å². The summed E-state index contributed by atoms with van der Waals surface area (Å²) in [5.41, 5.74) is 0. The molecule has 2 nitrogen and oxygen atoms in total. The molecule has 0 radical (unpaired) electrons. The summed E-state index contributed by atoms with van der Waals surface area (Å²) < 4.78 is 0. The maximum absolute atomic E-state index is 9.31. The smallest absolute Gasteiger partial charge is 0.115 e. The van der Waals surface area contributed by atoms with E-state index in [-0.39, 0.29) is 5.25 Å². The Balaban J connectivity index is 2.77. The first-order valence-corrected chi connectivity index (χ1v) is 5.80. The standard InChI is InChI=1S/C9H11Cl2NOS/c1-5(13)6(2)14-9-8(11)3-7(10)4-12-9/h3-6,13H,1-2H3. The van der Waals surface area contributed by atoms with Crippen LogP contribution in [0.5, 0.6) is 0 Å². The molecule has 0 saturated carbocycles. The van der Waals surface area contributed by atoms with Gasteiger partial charge in [0.15, 0.2) is 0 Å². The van der Waals surface area contributed by atoms with E-state index in [9.17, 15) is 5.11 Å². The Morgan fingerprint density at radius 3 is 2.57 bits per heavy atom. The lowest BCUT2D eigenvalue weighted by Gasteiger charge is -2.13. The summed E-state index contributed by atoms with van der Waals surface area (Å²) in [6.45, 7) is 3.66. The third kappa shape index (κ3) is 3.31. The molecule has 0 aliphatic heterocycles. The number of aromatic nitrogens is 1. The van der Waals surface area contributed by atoms with E-state index in [4.69, 9.17) is 23.2 Å². The van der Waals surface area contributed by atoms with Crippen LogP contribution in [0.25, 0.3) is 0 Å². The lowest BCUT2D eigenvalue weighted by Crippen LogP contribution is -2.15. The zero-order valence-corrected chi connectivity index (χ0v) is 10.2. The van der Waals surface area contributed by atoms with Crippen molar-refractivity contribution in [1.29, 1.82) is 0 Å². The first-order valence-electron chi connectivity index (χ1n) is 4.16. The molecule has 5 heteroatoms. The second kappa shape index (κ2) is 5.21. The van der Waals surface area contributed by atoms with Gasteiger partial charge in [-0.15, -0.1) is 0 Å². The van der Waals surface area contributed by atoms with Crippen LogP contribution in [0, 0.1) is 0 Å². The average Bonchev–Trinajstić information content (AvgIpc) is 2.09. The molecule has 0 spiro atoms. The van der Waals surface area contributed by atoms with E-state index in [0.717, 1.165) is 0 Å². The van der Waals surface area contributed by atoms with E-state index >= 15 is 0 Å². The summed E-state index contributed by atoms with van der Waals surface area (Å²) in [5.74, 6) is 0. The van der Waals surface area contributed by atoms with Gasteiger partial charge in [-0.1, -0.05) is 41.9 Å². The van der Waals surface area contributed by atoms with Crippen LogP contribution < -0.4 is 0 Å². The predicted octanol–water partition coefficient (Wildman–Crippen LogP) is 3.25. The molecule has 1 rings (SSSR count). The highest BCUT2D eigenvalue weighted by molar-refractivity contribution is 8.00. The van der Waals surface area contributed by atoms with Gasteiger partial charge >= 0.3 is 0 Å². The van der Waals surface area contributed by atoms with E-state index < -0.39 is 6.10 Å². The number of thioether (sulfide) groups is 1. The summed E-state index contributed by atoms with van der Waals surface area (Å²) in [5, 5.41) is 11.1. The van der Waals surface area contributed by atoms with Crippen LogP contribution in [0.3, 0.4) is 0 Å². The van der Waals surface area contributed by atoms with Gasteiger partial charge in [-0.25, -0.2) is 4.98 Å². The molecule has 2 unspecified atom stereocenters. The van der Waals surface area contributed by atoms with Crippen LogP contribution in [-0.4, -0.2) is 21.4 Å². The number of rotatable bonds is 3. The van der Waals surface area contributed by atoms with Crippen LogP contribution in [0.2, 0.25) is 10.0 Å². The lowest BCUT2D eigenvalue weighted by atomic mass is 10.3. The number of halogens is 2. The van der Waals surface area contributed by atoms with Crippen LogP contribution in [-0.2, 0) is 0 Å². The Morgan fingerprint density at radius 1 is 1.43 bits per heavy atom. The van der Waals surface area contributed by atoms with Crippen molar-refractivity contribution in [3.8, 4) is 0 Å². The molecule has 1 heterocycles. The molecule has 1 aromatic rings. The number of aliphatic hydroxyl groups is 1. The summed E-state index contributed by atoms with van der Waals surface area (Å²) in [4.78, 5) is 4.09. The van der Waals surface area contributed by atoms with Gasteiger partial charge < -0.3 is 5.11 Å². The van der Waals surface area contributed by atoms with E-state index in [0.29, 0.717) is 15.1 Å². The summed E-state index contributed by atoms with van der Waals surface area (Å²) in [7, 11) is 0. The van der Waals surface area contributed by atoms with Crippen molar-refractivity contribution >= 4 is 35.0 Å². The highest BCUT2D eigenvalue weighted by atomic mass is 35.5. The quantitative estimate of drug-likeness (QED) is 0.838. The number of hydrogen-bond acceptors (Lipinski definition) is 3. The minimum Gasteiger partial charge on any atom is -0.392 e. The van der Waals surface area contributed by atoms with Crippen LogP contribution in [0.4, 0.5) is 0 Å². The molecular weight excluding hydrogens is 241 g/mol. The van der Waals surface area contributed by atoms with E-state index in [1.54, 1.807) is 19.2 Å². The maximum Gasteiger partial charge on any atom is 0.115 e. The first-order chi connectivity index (χ1) is 6.50. The van der Waals surface area contributed by atoms with Gasteiger partial charge in [-0.05, 0) is 13.0 Å². The fourth-order valence-corrected chi connectivity index (χ4v) is 2.11. The van der Waals surface area contributed by atoms with Crippen molar-refractivity contribution < 1.29 is 5.11 Å². The minimum atomic E-state index is -0.395. The molecule has 0 bridgehead atoms. The van der Waals surface area contributed by atoms with Crippen molar-refractivity contribution in [1.82, 2.24) is 4.98 Å². The molecule has 1 aromatic heterocycles. The highest BCUT2D eigenvalue weighted by Crippen LogP contribution is 2.30. The molecule has 1 N–H and O–H groups in total.